The van der Waals surface area contributed by atoms with Crippen LogP contribution in [0.15, 0.2) is 48.5 Å². The first-order valence-corrected chi connectivity index (χ1v) is 9.61. The van der Waals surface area contributed by atoms with Crippen molar-refractivity contribution in [1.29, 1.82) is 0 Å². The van der Waals surface area contributed by atoms with E-state index in [2.05, 4.69) is 12.1 Å². The van der Waals surface area contributed by atoms with Gasteiger partial charge in [0.25, 0.3) is 0 Å². The second-order valence-corrected chi connectivity index (χ2v) is 8.61. The fourth-order valence-corrected chi connectivity index (χ4v) is 5.56. The molecule has 2 aromatic rings. The molecule has 0 aromatic heterocycles. The quantitative estimate of drug-likeness (QED) is 0.799. The molecule has 4 nitrogen and oxygen atoms in total. The number of hydrogen-bond acceptors (Lipinski definition) is 3. The molecule has 0 unspecified atom stereocenters. The number of benzene rings is 2. The van der Waals surface area contributed by atoms with Gasteiger partial charge in [0, 0.05) is 0 Å². The smallest absolute Gasteiger partial charge is 0.256 e. The van der Waals surface area contributed by atoms with Gasteiger partial charge in [0.05, 0.1) is 18.2 Å². The minimum atomic E-state index is -3.76. The summed E-state index contributed by atoms with van der Waals surface area (Å²) in [5.41, 5.74) is 3.94. The monoisotopic (exact) mass is 343 g/mol. The average molecular weight is 343 g/mol. The summed E-state index contributed by atoms with van der Waals surface area (Å²) < 4.78 is 32.2. The van der Waals surface area contributed by atoms with Crippen LogP contribution in [0.3, 0.4) is 0 Å². The zero-order valence-electron chi connectivity index (χ0n) is 13.9. The number of hydrogen-bond donors (Lipinski definition) is 0. The second kappa shape index (κ2) is 5.41. The molecule has 0 bridgehead atoms. The molecule has 24 heavy (non-hydrogen) atoms. The predicted molar refractivity (Wildman–Crippen MR) is 92.9 cm³/mol. The van der Waals surface area contributed by atoms with E-state index < -0.39 is 15.8 Å². The maximum atomic E-state index is 12.7. The summed E-state index contributed by atoms with van der Waals surface area (Å²) in [5.74, 6) is 0. The molecule has 0 spiro atoms. The Morgan fingerprint density at radius 3 is 1.92 bits per heavy atom. The summed E-state index contributed by atoms with van der Waals surface area (Å²) in [5, 5.41) is 0. The van der Waals surface area contributed by atoms with Gasteiger partial charge in [-0.15, -0.1) is 0 Å². The molecule has 0 radical (unpaired) electrons. The summed E-state index contributed by atoms with van der Waals surface area (Å²) in [6.45, 7) is 4.03. The largest absolute Gasteiger partial charge is 0.339 e. The van der Waals surface area contributed by atoms with Gasteiger partial charge < -0.3 is 0 Å². The van der Waals surface area contributed by atoms with Crippen LogP contribution in [0.25, 0.3) is 0 Å². The van der Waals surface area contributed by atoms with Gasteiger partial charge in [-0.2, -0.15) is 12.7 Å². The second-order valence-electron chi connectivity index (χ2n) is 7.13. The maximum absolute atomic E-state index is 12.7. The van der Waals surface area contributed by atoms with E-state index in [-0.39, 0.29) is 12.6 Å². The Kier molecular flexibility index (Phi) is 3.56. The van der Waals surface area contributed by atoms with Gasteiger partial charge in [-0.05, 0) is 48.9 Å². The first kappa shape index (κ1) is 15.8. The fourth-order valence-electron chi connectivity index (χ4n) is 3.87. The zero-order chi connectivity index (χ0) is 16.9. The Labute approximate surface area is 143 Å². The zero-order valence-corrected chi connectivity index (χ0v) is 14.7. The third-order valence-corrected chi connectivity index (χ3v) is 6.60. The van der Waals surface area contributed by atoms with Crippen LogP contribution in [0.5, 0.6) is 0 Å². The van der Waals surface area contributed by atoms with Crippen LogP contribution in [-0.4, -0.2) is 24.9 Å². The molecule has 0 amide bonds. The first-order chi connectivity index (χ1) is 11.4. The first-order valence-electron chi connectivity index (χ1n) is 8.25. The van der Waals surface area contributed by atoms with E-state index in [1.165, 1.54) is 11.1 Å². The Morgan fingerprint density at radius 2 is 1.46 bits per heavy atom. The van der Waals surface area contributed by atoms with Crippen LogP contribution >= 0.6 is 0 Å². The fraction of sp³-hybridized carbons (Fsp3) is 0.368. The summed E-state index contributed by atoms with van der Waals surface area (Å²) in [6, 6.07) is 16.0. The number of aryl methyl sites for hydroxylation is 2. The Balaban J connectivity index is 2.00. The molecule has 0 atom stereocenters. The molecule has 1 fully saturated rings. The summed E-state index contributed by atoms with van der Waals surface area (Å²) >= 11 is 0. The highest BCUT2D eigenvalue weighted by Crippen LogP contribution is 2.44. The Bertz CT molecular complexity index is 841. The molecule has 1 heterocycles. The van der Waals surface area contributed by atoms with Crippen LogP contribution in [0.2, 0.25) is 0 Å². The van der Waals surface area contributed by atoms with E-state index in [0.717, 1.165) is 24.0 Å². The van der Waals surface area contributed by atoms with Gasteiger partial charge in [0.15, 0.2) is 0 Å². The van der Waals surface area contributed by atoms with E-state index in [4.69, 9.17) is 4.18 Å². The molecule has 5 heteroatoms. The summed E-state index contributed by atoms with van der Waals surface area (Å²) in [4.78, 5) is 0. The van der Waals surface area contributed by atoms with Crippen molar-refractivity contribution >= 4 is 10.3 Å². The third kappa shape index (κ3) is 2.39. The van der Waals surface area contributed by atoms with Crippen LogP contribution < -0.4 is 0 Å². The molecule has 1 saturated heterocycles. The van der Waals surface area contributed by atoms with Crippen molar-refractivity contribution in [3.63, 3.8) is 0 Å². The Hall–Kier alpha value is -1.69. The van der Waals surface area contributed by atoms with Crippen molar-refractivity contribution in [2.45, 2.75) is 38.3 Å². The highest BCUT2D eigenvalue weighted by Gasteiger charge is 2.50. The van der Waals surface area contributed by atoms with E-state index in [9.17, 15) is 8.42 Å². The molecular formula is C19H21NO3S. The molecule has 0 saturated carbocycles. The molecule has 126 valence electrons. The van der Waals surface area contributed by atoms with Gasteiger partial charge in [0.1, 0.15) is 0 Å². The minimum absolute atomic E-state index is 0.177. The predicted octanol–water partition coefficient (Wildman–Crippen LogP) is 3.23. The molecular weight excluding hydrogens is 322 g/mol. The van der Waals surface area contributed by atoms with Crippen LogP contribution in [0, 0.1) is 0 Å². The third-order valence-electron chi connectivity index (χ3n) is 5.00. The van der Waals surface area contributed by atoms with Gasteiger partial charge in [0.2, 0.25) is 0 Å². The van der Waals surface area contributed by atoms with E-state index in [0.29, 0.717) is 0 Å². The van der Waals surface area contributed by atoms with E-state index in [1.54, 1.807) is 4.31 Å². The number of rotatable bonds is 1. The average Bonchev–Trinajstić information content (AvgIpc) is 2.70. The van der Waals surface area contributed by atoms with Gasteiger partial charge in [-0.3, -0.25) is 4.18 Å². The molecule has 2 aliphatic rings. The Morgan fingerprint density at radius 1 is 0.958 bits per heavy atom. The lowest BCUT2D eigenvalue weighted by atomic mass is 9.92. The standard InChI is InChI=1S/C19H21NO3S/c1-19(2)13-23-24(21,22)20(19)18-16-9-5-3-7-14(16)11-12-15-8-4-6-10-17(15)18/h3-10,18H,11-13H2,1-2H3. The maximum Gasteiger partial charge on any atom is 0.339 e. The molecule has 4 rings (SSSR count). The van der Waals surface area contributed by atoms with Crippen molar-refractivity contribution in [1.82, 2.24) is 4.31 Å². The highest BCUT2D eigenvalue weighted by molar-refractivity contribution is 7.84. The topological polar surface area (TPSA) is 46.6 Å². The summed E-state index contributed by atoms with van der Waals surface area (Å²) in [6.07, 6.45) is 1.83. The molecule has 0 N–H and O–H groups in total. The normalized spacial score (nSPS) is 22.6. The van der Waals surface area contributed by atoms with E-state index in [1.807, 2.05) is 50.2 Å². The van der Waals surface area contributed by atoms with Crippen LogP contribution in [-0.2, 0) is 27.3 Å². The molecule has 2 aromatic carbocycles. The van der Waals surface area contributed by atoms with Crippen LogP contribution in [0.4, 0.5) is 0 Å². The lowest BCUT2D eigenvalue weighted by molar-refractivity contribution is 0.198. The van der Waals surface area contributed by atoms with Crippen molar-refractivity contribution in [3.05, 3.63) is 70.8 Å². The highest BCUT2D eigenvalue weighted by atomic mass is 32.2. The van der Waals surface area contributed by atoms with Crippen molar-refractivity contribution < 1.29 is 12.6 Å². The van der Waals surface area contributed by atoms with Crippen molar-refractivity contribution in [2.75, 3.05) is 6.61 Å². The minimum Gasteiger partial charge on any atom is -0.256 e. The summed E-state index contributed by atoms with van der Waals surface area (Å²) in [7, 11) is -3.76. The van der Waals surface area contributed by atoms with Gasteiger partial charge >= 0.3 is 10.3 Å². The van der Waals surface area contributed by atoms with Crippen molar-refractivity contribution in [2.24, 2.45) is 0 Å². The van der Waals surface area contributed by atoms with Crippen molar-refractivity contribution in [3.8, 4) is 0 Å². The number of fused-ring (bicyclic) bond motifs is 2. The van der Waals surface area contributed by atoms with Gasteiger partial charge in [-0.1, -0.05) is 48.5 Å². The molecule has 1 aliphatic carbocycles. The SMILES string of the molecule is CC1(C)COS(=O)(=O)N1C1c2ccccc2CCc2ccccc21. The lowest BCUT2D eigenvalue weighted by Crippen LogP contribution is -2.45. The number of nitrogens with zero attached hydrogens (tertiary/aromatic N) is 1. The van der Waals surface area contributed by atoms with E-state index >= 15 is 0 Å². The van der Waals surface area contributed by atoms with Crippen LogP contribution in [0.1, 0.15) is 42.1 Å². The molecule has 1 aliphatic heterocycles. The lowest BCUT2D eigenvalue weighted by Gasteiger charge is -2.35. The van der Waals surface area contributed by atoms with Gasteiger partial charge in [-0.25, -0.2) is 0 Å².